The lowest BCUT2D eigenvalue weighted by atomic mass is 10.2. The van der Waals surface area contributed by atoms with E-state index in [1.807, 2.05) is 0 Å². The van der Waals surface area contributed by atoms with E-state index in [2.05, 4.69) is 0 Å². The summed E-state index contributed by atoms with van der Waals surface area (Å²) < 4.78 is 27.6. The lowest BCUT2D eigenvalue weighted by Gasteiger charge is -2.07. The Morgan fingerprint density at radius 1 is 1.40 bits per heavy atom. The van der Waals surface area contributed by atoms with Crippen molar-refractivity contribution in [3.8, 4) is 0 Å². The van der Waals surface area contributed by atoms with Crippen LogP contribution in [0.3, 0.4) is 0 Å². The van der Waals surface area contributed by atoms with Crippen LogP contribution in [0.5, 0.6) is 0 Å². The third kappa shape index (κ3) is 2.48. The third-order valence-corrected chi connectivity index (χ3v) is 2.68. The highest BCUT2D eigenvalue weighted by Gasteiger charge is 2.20. The minimum absolute atomic E-state index is 0.0991. The Kier molecular flexibility index (Phi) is 3.47. The molecule has 6 nitrogen and oxygen atoms in total. The van der Waals surface area contributed by atoms with Crippen molar-refractivity contribution in [1.82, 2.24) is 4.57 Å². The maximum Gasteiger partial charge on any atom is 0.352 e. The fourth-order valence-electron chi connectivity index (χ4n) is 1.76. The van der Waals surface area contributed by atoms with E-state index in [1.54, 1.807) is 0 Å². The second kappa shape index (κ2) is 5.08. The number of nitro groups is 1. The van der Waals surface area contributed by atoms with Crippen molar-refractivity contribution in [2.24, 2.45) is 0 Å². The monoisotopic (exact) mass is 282 g/mol. The third-order valence-electron chi connectivity index (χ3n) is 2.68. The van der Waals surface area contributed by atoms with E-state index in [9.17, 15) is 23.7 Å². The molecular formula is C12H8F2N2O4. The van der Waals surface area contributed by atoms with Crippen LogP contribution < -0.4 is 0 Å². The normalized spacial score (nSPS) is 10.5. The van der Waals surface area contributed by atoms with Crippen LogP contribution in [0.2, 0.25) is 0 Å². The predicted octanol–water partition coefficient (Wildman–Crippen LogP) is 2.42. The van der Waals surface area contributed by atoms with E-state index in [1.165, 1.54) is 12.1 Å². The first-order valence-electron chi connectivity index (χ1n) is 5.41. The molecule has 1 aromatic heterocycles. The highest BCUT2D eigenvalue weighted by molar-refractivity contribution is 5.87. The van der Waals surface area contributed by atoms with E-state index >= 15 is 0 Å². The SMILES string of the molecule is O=C(O)c1cc([N+](=O)[O-])cn1Cc1cccc(F)c1F. The van der Waals surface area contributed by atoms with E-state index in [0.29, 0.717) is 0 Å². The van der Waals surface area contributed by atoms with Crippen molar-refractivity contribution < 1.29 is 23.6 Å². The molecule has 1 N–H and O–H groups in total. The number of rotatable bonds is 4. The maximum atomic E-state index is 13.5. The first-order valence-corrected chi connectivity index (χ1v) is 5.41. The molecule has 0 saturated heterocycles. The zero-order chi connectivity index (χ0) is 14.9. The highest BCUT2D eigenvalue weighted by Crippen LogP contribution is 2.20. The van der Waals surface area contributed by atoms with Gasteiger partial charge < -0.3 is 9.67 Å². The van der Waals surface area contributed by atoms with Crippen LogP contribution >= 0.6 is 0 Å². The number of halogens is 2. The van der Waals surface area contributed by atoms with Crippen LogP contribution in [-0.2, 0) is 6.54 Å². The molecule has 0 saturated carbocycles. The Bertz CT molecular complexity index is 697. The van der Waals surface area contributed by atoms with Crippen molar-refractivity contribution in [2.45, 2.75) is 6.54 Å². The largest absolute Gasteiger partial charge is 0.477 e. The number of carbonyl (C=O) groups is 1. The number of aromatic nitrogens is 1. The van der Waals surface area contributed by atoms with Crippen LogP contribution in [0, 0.1) is 21.7 Å². The first-order chi connectivity index (χ1) is 9.40. The van der Waals surface area contributed by atoms with Gasteiger partial charge in [-0.2, -0.15) is 0 Å². The van der Waals surface area contributed by atoms with Crippen molar-refractivity contribution in [3.63, 3.8) is 0 Å². The Balaban J connectivity index is 2.45. The molecule has 0 spiro atoms. The number of aromatic carboxylic acids is 1. The van der Waals surface area contributed by atoms with Gasteiger partial charge >= 0.3 is 5.97 Å². The summed E-state index contributed by atoms with van der Waals surface area (Å²) in [5.41, 5.74) is -0.905. The van der Waals surface area contributed by atoms with Gasteiger partial charge in [-0.1, -0.05) is 12.1 Å². The molecule has 1 aromatic carbocycles. The number of hydrogen-bond donors (Lipinski definition) is 1. The average Bonchev–Trinajstić information content (AvgIpc) is 2.79. The van der Waals surface area contributed by atoms with Gasteiger partial charge in [-0.3, -0.25) is 10.1 Å². The predicted molar refractivity (Wildman–Crippen MR) is 63.5 cm³/mol. The van der Waals surface area contributed by atoms with E-state index in [0.717, 1.165) is 22.9 Å². The lowest BCUT2D eigenvalue weighted by Crippen LogP contribution is -2.10. The molecule has 0 aliphatic heterocycles. The second-order valence-electron chi connectivity index (χ2n) is 3.99. The number of carboxylic acid groups (broad SMARTS) is 1. The molecular weight excluding hydrogens is 274 g/mol. The standard InChI is InChI=1S/C12H8F2N2O4/c13-9-3-1-2-7(11(9)14)5-15-6-8(16(19)20)4-10(15)12(17)18/h1-4,6H,5H2,(H,17,18). The van der Waals surface area contributed by atoms with Gasteiger partial charge in [0.2, 0.25) is 0 Å². The topological polar surface area (TPSA) is 85.4 Å². The molecule has 20 heavy (non-hydrogen) atoms. The molecule has 0 aliphatic carbocycles. The second-order valence-corrected chi connectivity index (χ2v) is 3.99. The summed E-state index contributed by atoms with van der Waals surface area (Å²) in [6, 6.07) is 4.33. The molecule has 0 bridgehead atoms. The van der Waals surface area contributed by atoms with Gasteiger partial charge in [-0.25, -0.2) is 13.6 Å². The molecule has 2 rings (SSSR count). The van der Waals surface area contributed by atoms with Gasteiger partial charge in [0, 0.05) is 11.6 Å². The molecule has 104 valence electrons. The van der Waals surface area contributed by atoms with Crippen LogP contribution in [0.4, 0.5) is 14.5 Å². The van der Waals surface area contributed by atoms with E-state index in [-0.39, 0.29) is 17.8 Å². The van der Waals surface area contributed by atoms with Crippen LogP contribution in [-0.4, -0.2) is 20.6 Å². The Morgan fingerprint density at radius 2 is 2.10 bits per heavy atom. The van der Waals surface area contributed by atoms with Gasteiger partial charge in [-0.05, 0) is 6.07 Å². The van der Waals surface area contributed by atoms with Crippen molar-refractivity contribution >= 4 is 11.7 Å². The molecule has 8 heteroatoms. The number of carboxylic acids is 1. The van der Waals surface area contributed by atoms with Gasteiger partial charge in [0.15, 0.2) is 11.6 Å². The summed E-state index contributed by atoms with van der Waals surface area (Å²) in [4.78, 5) is 20.9. The zero-order valence-corrected chi connectivity index (χ0v) is 9.92. The van der Waals surface area contributed by atoms with Gasteiger partial charge in [0.05, 0.1) is 17.7 Å². The maximum absolute atomic E-state index is 13.5. The lowest BCUT2D eigenvalue weighted by molar-refractivity contribution is -0.384. The summed E-state index contributed by atoms with van der Waals surface area (Å²) in [6.07, 6.45) is 0.966. The molecule has 0 unspecified atom stereocenters. The fourth-order valence-corrected chi connectivity index (χ4v) is 1.76. The smallest absolute Gasteiger partial charge is 0.352 e. The highest BCUT2D eigenvalue weighted by atomic mass is 19.2. The Labute approximate surface area is 111 Å². The molecule has 0 atom stereocenters. The molecule has 2 aromatic rings. The van der Waals surface area contributed by atoms with Gasteiger partial charge in [0.1, 0.15) is 5.69 Å². The number of hydrogen-bond acceptors (Lipinski definition) is 3. The summed E-state index contributed by atoms with van der Waals surface area (Å²) in [6.45, 7) is -0.320. The molecule has 0 radical (unpaired) electrons. The molecule has 0 fully saturated rings. The van der Waals surface area contributed by atoms with Crippen molar-refractivity contribution in [1.29, 1.82) is 0 Å². The van der Waals surface area contributed by atoms with Gasteiger partial charge in [0.25, 0.3) is 5.69 Å². The van der Waals surface area contributed by atoms with Crippen LogP contribution in [0.15, 0.2) is 30.5 Å². The molecule has 0 aliphatic rings. The summed E-state index contributed by atoms with van der Waals surface area (Å²) in [5, 5.41) is 19.6. The minimum atomic E-state index is -1.39. The summed E-state index contributed by atoms with van der Waals surface area (Å²) >= 11 is 0. The average molecular weight is 282 g/mol. The van der Waals surface area contributed by atoms with Crippen molar-refractivity contribution in [2.75, 3.05) is 0 Å². The number of nitrogens with zero attached hydrogens (tertiary/aromatic N) is 2. The summed E-state index contributed by atoms with van der Waals surface area (Å²) in [7, 11) is 0. The fraction of sp³-hybridized carbons (Fsp3) is 0.0833. The van der Waals surface area contributed by atoms with Crippen LogP contribution in [0.1, 0.15) is 16.1 Å². The summed E-state index contributed by atoms with van der Waals surface area (Å²) in [5.74, 6) is -3.57. The Hall–Kier alpha value is -2.77. The van der Waals surface area contributed by atoms with Gasteiger partial charge in [-0.15, -0.1) is 0 Å². The molecule has 1 heterocycles. The quantitative estimate of drug-likeness (QED) is 0.689. The van der Waals surface area contributed by atoms with Crippen LogP contribution in [0.25, 0.3) is 0 Å². The molecule has 0 amide bonds. The zero-order valence-electron chi connectivity index (χ0n) is 9.92. The van der Waals surface area contributed by atoms with E-state index < -0.39 is 28.2 Å². The number of benzene rings is 1. The first kappa shape index (κ1) is 13.7. The van der Waals surface area contributed by atoms with E-state index in [4.69, 9.17) is 5.11 Å². The Morgan fingerprint density at radius 3 is 2.70 bits per heavy atom. The minimum Gasteiger partial charge on any atom is -0.477 e. The van der Waals surface area contributed by atoms with Crippen molar-refractivity contribution in [3.05, 3.63) is 63.5 Å².